The Morgan fingerprint density at radius 3 is 2.45 bits per heavy atom. The maximum atomic E-state index is 13.2. The van der Waals surface area contributed by atoms with Crippen LogP contribution in [0, 0.1) is 0 Å². The van der Waals surface area contributed by atoms with Crippen molar-refractivity contribution in [2.24, 2.45) is 0 Å². The van der Waals surface area contributed by atoms with Crippen LogP contribution in [0.1, 0.15) is 18.7 Å². The van der Waals surface area contributed by atoms with Gasteiger partial charge in [0.25, 0.3) is 5.92 Å². The molecule has 2 heterocycles. The summed E-state index contributed by atoms with van der Waals surface area (Å²) in [6.07, 6.45) is 1.54. The molecule has 2 aromatic rings. The maximum absolute atomic E-state index is 13.2. The van der Waals surface area contributed by atoms with Gasteiger partial charge in [0.15, 0.2) is 0 Å². The molecular formula is C15H15Cl2F2N3. The zero-order chi connectivity index (χ0) is 15.7. The predicted octanol–water partition coefficient (Wildman–Crippen LogP) is 4.61. The molecule has 1 aliphatic heterocycles. The average Bonchev–Trinajstić information content (AvgIpc) is 2.89. The summed E-state index contributed by atoms with van der Waals surface area (Å²) in [6, 6.07) is 5.28. The highest BCUT2D eigenvalue weighted by molar-refractivity contribution is 6.39. The standard InChI is InChI=1S/C15H15Cl2F2N3/c16-10-2-1-3-11(17)14(10)12-8-20-13(21-12)9-22-6-4-15(18,19)5-7-22/h1-3,8H,4-7,9H2,(H,20,21). The summed E-state index contributed by atoms with van der Waals surface area (Å²) >= 11 is 12.3. The van der Waals surface area contributed by atoms with E-state index in [4.69, 9.17) is 23.2 Å². The van der Waals surface area contributed by atoms with Gasteiger partial charge in [-0.25, -0.2) is 13.8 Å². The molecule has 0 unspecified atom stereocenters. The van der Waals surface area contributed by atoms with E-state index in [9.17, 15) is 8.78 Å². The van der Waals surface area contributed by atoms with Gasteiger partial charge < -0.3 is 4.98 Å². The van der Waals surface area contributed by atoms with Crippen LogP contribution in [0.5, 0.6) is 0 Å². The second kappa shape index (κ2) is 6.14. The van der Waals surface area contributed by atoms with Crippen LogP contribution >= 0.6 is 23.2 Å². The number of imidazole rings is 1. The topological polar surface area (TPSA) is 31.9 Å². The zero-order valence-electron chi connectivity index (χ0n) is 11.8. The van der Waals surface area contributed by atoms with Crippen LogP contribution in [0.15, 0.2) is 24.4 Å². The smallest absolute Gasteiger partial charge is 0.250 e. The van der Waals surface area contributed by atoms with Gasteiger partial charge in [0.05, 0.1) is 22.3 Å². The second-order valence-corrected chi connectivity index (χ2v) is 6.28. The highest BCUT2D eigenvalue weighted by Gasteiger charge is 2.34. The average molecular weight is 346 g/mol. The molecule has 1 N–H and O–H groups in total. The SMILES string of the molecule is FC1(F)CCN(Cc2nc(-c3c(Cl)cccc3Cl)c[nH]2)CC1. The fourth-order valence-corrected chi connectivity index (χ4v) is 3.15. The lowest BCUT2D eigenvalue weighted by Gasteiger charge is -2.30. The normalized spacial score (nSPS) is 18.5. The summed E-state index contributed by atoms with van der Waals surface area (Å²) in [5.74, 6) is -1.81. The van der Waals surface area contributed by atoms with Crippen LogP contribution in [-0.4, -0.2) is 33.9 Å². The number of alkyl halides is 2. The number of aromatic amines is 1. The van der Waals surface area contributed by atoms with E-state index in [1.807, 2.05) is 4.90 Å². The van der Waals surface area contributed by atoms with Gasteiger partial charge >= 0.3 is 0 Å². The van der Waals surface area contributed by atoms with E-state index >= 15 is 0 Å². The van der Waals surface area contributed by atoms with Crippen LogP contribution in [-0.2, 0) is 6.54 Å². The molecule has 0 amide bonds. The number of likely N-dealkylation sites (tertiary alicyclic amines) is 1. The number of piperidine rings is 1. The van der Waals surface area contributed by atoms with Crippen LogP contribution in [0.2, 0.25) is 10.0 Å². The Morgan fingerprint density at radius 1 is 1.18 bits per heavy atom. The van der Waals surface area contributed by atoms with Gasteiger partial charge in [-0.05, 0) is 12.1 Å². The van der Waals surface area contributed by atoms with E-state index in [2.05, 4.69) is 9.97 Å². The number of hydrogen-bond acceptors (Lipinski definition) is 2. The Balaban J connectivity index is 1.72. The third-order valence-corrected chi connectivity index (χ3v) is 4.44. The first kappa shape index (κ1) is 15.7. The number of benzene rings is 1. The minimum absolute atomic E-state index is 0.100. The highest BCUT2D eigenvalue weighted by atomic mass is 35.5. The van der Waals surface area contributed by atoms with Crippen LogP contribution < -0.4 is 0 Å². The molecule has 3 rings (SSSR count). The number of hydrogen-bond donors (Lipinski definition) is 1. The summed E-state index contributed by atoms with van der Waals surface area (Å²) in [4.78, 5) is 9.51. The van der Waals surface area contributed by atoms with E-state index in [1.165, 1.54) is 0 Å². The number of nitrogens with zero attached hydrogens (tertiary/aromatic N) is 2. The predicted molar refractivity (Wildman–Crippen MR) is 83.5 cm³/mol. The van der Waals surface area contributed by atoms with Gasteiger partial charge in [-0.3, -0.25) is 4.90 Å². The number of H-pyrrole nitrogens is 1. The van der Waals surface area contributed by atoms with Crippen molar-refractivity contribution >= 4 is 23.2 Å². The third kappa shape index (κ3) is 3.42. The Kier molecular flexibility index (Phi) is 4.39. The van der Waals surface area contributed by atoms with Crippen LogP contribution in [0.3, 0.4) is 0 Å². The minimum atomic E-state index is -2.53. The van der Waals surface area contributed by atoms with Crippen molar-refractivity contribution in [3.63, 3.8) is 0 Å². The Labute approximate surface area is 137 Å². The molecule has 22 heavy (non-hydrogen) atoms. The molecule has 0 radical (unpaired) electrons. The fourth-order valence-electron chi connectivity index (χ4n) is 2.56. The first-order valence-corrected chi connectivity index (χ1v) is 7.79. The lowest BCUT2D eigenvalue weighted by atomic mass is 10.1. The third-order valence-electron chi connectivity index (χ3n) is 3.81. The first-order chi connectivity index (χ1) is 10.4. The molecule has 0 saturated carbocycles. The van der Waals surface area contributed by atoms with Gasteiger partial charge in [0.1, 0.15) is 5.82 Å². The van der Waals surface area contributed by atoms with Crippen molar-refractivity contribution in [1.29, 1.82) is 0 Å². The fraction of sp³-hybridized carbons (Fsp3) is 0.400. The van der Waals surface area contributed by atoms with Gasteiger partial charge in [0, 0.05) is 37.7 Å². The molecule has 7 heteroatoms. The number of rotatable bonds is 3. The summed E-state index contributed by atoms with van der Waals surface area (Å²) in [5, 5.41) is 1.06. The van der Waals surface area contributed by atoms with Crippen LogP contribution in [0.25, 0.3) is 11.3 Å². The van der Waals surface area contributed by atoms with Crippen molar-refractivity contribution in [2.75, 3.05) is 13.1 Å². The molecule has 1 aliphatic rings. The summed E-state index contributed by atoms with van der Waals surface area (Å²) < 4.78 is 26.3. The van der Waals surface area contributed by atoms with Gasteiger partial charge in [-0.2, -0.15) is 0 Å². The zero-order valence-corrected chi connectivity index (χ0v) is 13.3. The molecule has 0 bridgehead atoms. The van der Waals surface area contributed by atoms with Crippen molar-refractivity contribution in [1.82, 2.24) is 14.9 Å². The molecule has 0 atom stereocenters. The van der Waals surface area contributed by atoms with E-state index in [1.54, 1.807) is 24.4 Å². The molecule has 0 spiro atoms. The van der Waals surface area contributed by atoms with Gasteiger partial charge in [0.2, 0.25) is 0 Å². The van der Waals surface area contributed by atoms with Crippen molar-refractivity contribution in [3.05, 3.63) is 40.3 Å². The molecule has 118 valence electrons. The molecular weight excluding hydrogens is 331 g/mol. The van der Waals surface area contributed by atoms with Crippen molar-refractivity contribution < 1.29 is 8.78 Å². The largest absolute Gasteiger partial charge is 0.347 e. The Morgan fingerprint density at radius 2 is 1.82 bits per heavy atom. The van der Waals surface area contributed by atoms with Crippen molar-refractivity contribution in [3.8, 4) is 11.3 Å². The first-order valence-electron chi connectivity index (χ1n) is 7.03. The lowest BCUT2D eigenvalue weighted by Crippen LogP contribution is -2.39. The highest BCUT2D eigenvalue weighted by Crippen LogP contribution is 2.33. The lowest BCUT2D eigenvalue weighted by molar-refractivity contribution is -0.0570. The number of nitrogens with one attached hydrogen (secondary N) is 1. The summed E-state index contributed by atoms with van der Waals surface area (Å²) in [7, 11) is 0. The monoisotopic (exact) mass is 345 g/mol. The molecule has 1 aromatic carbocycles. The summed E-state index contributed by atoms with van der Waals surface area (Å²) in [5.41, 5.74) is 1.34. The van der Waals surface area contributed by atoms with Crippen LogP contribution in [0.4, 0.5) is 8.78 Å². The van der Waals surface area contributed by atoms with E-state index < -0.39 is 5.92 Å². The van der Waals surface area contributed by atoms with E-state index in [-0.39, 0.29) is 12.8 Å². The molecule has 1 fully saturated rings. The number of halogens is 4. The quantitative estimate of drug-likeness (QED) is 0.880. The summed E-state index contributed by atoms with van der Waals surface area (Å²) in [6.45, 7) is 1.25. The molecule has 0 aliphatic carbocycles. The Hall–Kier alpha value is -1.17. The van der Waals surface area contributed by atoms with Gasteiger partial charge in [-0.15, -0.1) is 0 Å². The number of aromatic nitrogens is 2. The van der Waals surface area contributed by atoms with E-state index in [0.29, 0.717) is 40.9 Å². The Bertz CT molecular complexity index is 642. The maximum Gasteiger partial charge on any atom is 0.250 e. The second-order valence-electron chi connectivity index (χ2n) is 5.46. The molecule has 1 aromatic heterocycles. The van der Waals surface area contributed by atoms with Crippen molar-refractivity contribution in [2.45, 2.75) is 25.3 Å². The molecule has 1 saturated heterocycles. The minimum Gasteiger partial charge on any atom is -0.347 e. The molecule has 3 nitrogen and oxygen atoms in total. The van der Waals surface area contributed by atoms with Gasteiger partial charge in [-0.1, -0.05) is 29.3 Å². The van der Waals surface area contributed by atoms with E-state index in [0.717, 1.165) is 5.82 Å².